The molecule has 0 aliphatic rings. The second-order valence-electron chi connectivity index (χ2n) is 7.24. The van der Waals surface area contributed by atoms with Gasteiger partial charge in [-0.1, -0.05) is 12.1 Å². The Morgan fingerprint density at radius 3 is 2.55 bits per heavy atom. The summed E-state index contributed by atoms with van der Waals surface area (Å²) in [6.45, 7) is 7.44. The molecule has 0 saturated heterocycles. The van der Waals surface area contributed by atoms with Gasteiger partial charge in [0.1, 0.15) is 10.8 Å². The first-order valence-electron chi connectivity index (χ1n) is 9.92. The van der Waals surface area contributed by atoms with Gasteiger partial charge in [0.05, 0.1) is 23.2 Å². The van der Waals surface area contributed by atoms with E-state index < -0.39 is 11.9 Å². The molecule has 166 valence electrons. The third-order valence-corrected chi connectivity index (χ3v) is 5.32. The minimum atomic E-state index is -0.577. The van der Waals surface area contributed by atoms with Crippen molar-refractivity contribution in [1.82, 2.24) is 4.90 Å². The highest BCUT2D eigenvalue weighted by Crippen LogP contribution is 2.34. The van der Waals surface area contributed by atoms with E-state index in [1.54, 1.807) is 34.0 Å². The van der Waals surface area contributed by atoms with Crippen LogP contribution in [0.15, 0.2) is 30.3 Å². The zero-order chi connectivity index (χ0) is 23.1. The van der Waals surface area contributed by atoms with Crippen LogP contribution in [0.5, 0.6) is 5.75 Å². The first-order chi connectivity index (χ1) is 14.6. The van der Waals surface area contributed by atoms with Crippen molar-refractivity contribution in [3.63, 3.8) is 0 Å². The van der Waals surface area contributed by atoms with E-state index in [0.29, 0.717) is 16.2 Å². The van der Waals surface area contributed by atoms with Crippen LogP contribution in [0, 0.1) is 6.92 Å². The Labute approximate surface area is 186 Å². The normalized spacial score (nSPS) is 10.9. The first-order valence-corrected chi connectivity index (χ1v) is 10.7. The van der Waals surface area contributed by atoms with E-state index in [0.717, 1.165) is 16.9 Å². The Bertz CT molecular complexity index is 992. The molecule has 0 aliphatic heterocycles. The number of benzene rings is 1. The largest absolute Gasteiger partial charge is 0.491 e. The number of esters is 1. The summed E-state index contributed by atoms with van der Waals surface area (Å²) in [5, 5.41) is 3.00. The van der Waals surface area contributed by atoms with Gasteiger partial charge in [-0.15, -0.1) is 11.3 Å². The molecule has 8 heteroatoms. The quantitative estimate of drug-likeness (QED) is 0.483. The van der Waals surface area contributed by atoms with Crippen molar-refractivity contribution < 1.29 is 23.9 Å². The number of amides is 2. The summed E-state index contributed by atoms with van der Waals surface area (Å²) in [6, 6.07) is 7.37. The highest BCUT2D eigenvalue weighted by atomic mass is 32.1. The topological polar surface area (TPSA) is 84.9 Å². The van der Waals surface area contributed by atoms with Crippen LogP contribution in [0.3, 0.4) is 0 Å². The number of thiophene rings is 1. The molecule has 7 nitrogen and oxygen atoms in total. The van der Waals surface area contributed by atoms with Crippen molar-refractivity contribution in [2.75, 3.05) is 26.0 Å². The molecule has 0 unspecified atom stereocenters. The Hall–Kier alpha value is -3.13. The smallest absolute Gasteiger partial charge is 0.341 e. The van der Waals surface area contributed by atoms with Crippen LogP contribution >= 0.6 is 11.3 Å². The lowest BCUT2D eigenvalue weighted by atomic mass is 10.1. The number of carbonyl (C=O) groups is 3. The molecule has 0 radical (unpaired) electrons. The molecule has 1 N–H and O–H groups in total. The van der Waals surface area contributed by atoms with Crippen molar-refractivity contribution in [2.45, 2.75) is 33.8 Å². The molecule has 0 fully saturated rings. The van der Waals surface area contributed by atoms with Crippen LogP contribution < -0.4 is 10.1 Å². The Morgan fingerprint density at radius 1 is 1.23 bits per heavy atom. The highest BCUT2D eigenvalue weighted by molar-refractivity contribution is 7.18. The number of carbonyl (C=O) groups excluding carboxylic acids is 3. The molecule has 1 aromatic heterocycles. The average Bonchev–Trinajstić information content (AvgIpc) is 3.01. The number of nitrogens with zero attached hydrogens (tertiary/aromatic N) is 1. The van der Waals surface area contributed by atoms with Crippen molar-refractivity contribution in [1.29, 1.82) is 0 Å². The molecule has 0 saturated carbocycles. The summed E-state index contributed by atoms with van der Waals surface area (Å²) in [5.74, 6) is -0.536. The average molecular weight is 445 g/mol. The molecular weight excluding hydrogens is 416 g/mol. The maximum Gasteiger partial charge on any atom is 0.341 e. The number of hydrogen-bond donors (Lipinski definition) is 1. The molecule has 0 bridgehead atoms. The Kier molecular flexibility index (Phi) is 8.38. The lowest BCUT2D eigenvalue weighted by molar-refractivity contribution is -0.111. The molecule has 2 rings (SSSR count). The zero-order valence-corrected chi connectivity index (χ0v) is 19.5. The second kappa shape index (κ2) is 10.8. The monoisotopic (exact) mass is 444 g/mol. The number of rotatable bonds is 8. The number of ether oxygens (including phenoxy) is 2. The van der Waals surface area contributed by atoms with E-state index in [9.17, 15) is 14.4 Å². The van der Waals surface area contributed by atoms with Crippen LogP contribution in [-0.4, -0.2) is 49.5 Å². The fraction of sp³-hybridized carbons (Fsp3) is 0.348. The summed E-state index contributed by atoms with van der Waals surface area (Å²) in [6.07, 6.45) is 3.06. The van der Waals surface area contributed by atoms with Gasteiger partial charge in [0.25, 0.3) is 5.91 Å². The van der Waals surface area contributed by atoms with Gasteiger partial charge < -0.3 is 19.7 Å². The number of nitrogens with one attached hydrogen (secondary N) is 1. The molecule has 31 heavy (non-hydrogen) atoms. The van der Waals surface area contributed by atoms with Crippen LogP contribution in [0.1, 0.15) is 51.9 Å². The fourth-order valence-corrected chi connectivity index (χ4v) is 3.97. The Morgan fingerprint density at radius 2 is 1.94 bits per heavy atom. The van der Waals surface area contributed by atoms with Gasteiger partial charge in [-0.05, 0) is 57.0 Å². The van der Waals surface area contributed by atoms with Gasteiger partial charge >= 0.3 is 5.97 Å². The van der Waals surface area contributed by atoms with Gasteiger partial charge in [0, 0.05) is 20.2 Å². The van der Waals surface area contributed by atoms with Gasteiger partial charge in [0.2, 0.25) is 5.91 Å². The van der Waals surface area contributed by atoms with E-state index in [1.807, 2.05) is 38.1 Å². The molecule has 0 spiro atoms. The molecule has 2 aromatic rings. The predicted octanol–water partition coefficient (Wildman–Crippen LogP) is 4.37. The van der Waals surface area contributed by atoms with Gasteiger partial charge in [-0.25, -0.2) is 4.79 Å². The summed E-state index contributed by atoms with van der Waals surface area (Å²) in [4.78, 5) is 39.3. The van der Waals surface area contributed by atoms with Crippen molar-refractivity contribution in [3.8, 4) is 5.75 Å². The molecule has 1 aromatic carbocycles. The summed E-state index contributed by atoms with van der Waals surface area (Å²) < 4.78 is 10.8. The highest BCUT2D eigenvalue weighted by Gasteiger charge is 2.27. The van der Waals surface area contributed by atoms with Crippen molar-refractivity contribution >= 4 is 40.2 Å². The van der Waals surface area contributed by atoms with Gasteiger partial charge in [-0.3, -0.25) is 9.59 Å². The maximum absolute atomic E-state index is 12.5. The number of anilines is 1. The third-order valence-electron chi connectivity index (χ3n) is 4.12. The first kappa shape index (κ1) is 24.1. The van der Waals surface area contributed by atoms with E-state index in [4.69, 9.17) is 9.47 Å². The lowest BCUT2D eigenvalue weighted by Gasteiger charge is -2.09. The van der Waals surface area contributed by atoms with Crippen LogP contribution in [0.25, 0.3) is 6.08 Å². The summed E-state index contributed by atoms with van der Waals surface area (Å²) >= 11 is 1.06. The standard InChI is InChI=1S/C23H28N2O5S/c1-7-29-23(28)19-15(4)20(22(27)25(5)6)31-21(19)24-18(26)12-11-16-9-8-10-17(13-16)30-14(2)3/h8-14H,7H2,1-6H3,(H,24,26)/b12-11+. The van der Waals surface area contributed by atoms with Crippen LogP contribution in [-0.2, 0) is 9.53 Å². The summed E-state index contributed by atoms with van der Waals surface area (Å²) in [7, 11) is 3.26. The lowest BCUT2D eigenvalue weighted by Crippen LogP contribution is -2.21. The molecule has 0 aliphatic carbocycles. The van der Waals surface area contributed by atoms with Crippen molar-refractivity contribution in [2.24, 2.45) is 0 Å². The minimum Gasteiger partial charge on any atom is -0.491 e. The molecule has 1 heterocycles. The predicted molar refractivity (Wildman–Crippen MR) is 123 cm³/mol. The van der Waals surface area contributed by atoms with Crippen LogP contribution in [0.4, 0.5) is 5.00 Å². The fourth-order valence-electron chi connectivity index (χ4n) is 2.75. The zero-order valence-electron chi connectivity index (χ0n) is 18.6. The number of hydrogen-bond acceptors (Lipinski definition) is 6. The molecule has 0 atom stereocenters. The molecular formula is C23H28N2O5S. The van der Waals surface area contributed by atoms with E-state index in [1.165, 1.54) is 11.0 Å². The second-order valence-corrected chi connectivity index (χ2v) is 8.26. The summed E-state index contributed by atoms with van der Waals surface area (Å²) in [5.41, 5.74) is 1.48. The van der Waals surface area contributed by atoms with Gasteiger partial charge in [-0.2, -0.15) is 0 Å². The van der Waals surface area contributed by atoms with E-state index in [2.05, 4.69) is 5.32 Å². The third kappa shape index (κ3) is 6.42. The van der Waals surface area contributed by atoms with E-state index in [-0.39, 0.29) is 29.2 Å². The SMILES string of the molecule is CCOC(=O)c1c(NC(=O)/C=C/c2cccc(OC(C)C)c2)sc(C(=O)N(C)C)c1C. The Balaban J connectivity index is 2.27. The van der Waals surface area contributed by atoms with E-state index >= 15 is 0 Å². The minimum absolute atomic E-state index is 0.0463. The van der Waals surface area contributed by atoms with Crippen molar-refractivity contribution in [3.05, 3.63) is 51.9 Å². The molecule has 2 amide bonds. The van der Waals surface area contributed by atoms with Crippen LogP contribution in [0.2, 0.25) is 0 Å². The maximum atomic E-state index is 12.5. The van der Waals surface area contributed by atoms with Gasteiger partial charge in [0.15, 0.2) is 0 Å².